The number of hydrogen-bond acceptors (Lipinski definition) is 9. The third kappa shape index (κ3) is 6.47. The van der Waals surface area contributed by atoms with E-state index in [2.05, 4.69) is 9.69 Å². The Morgan fingerprint density at radius 3 is 2.63 bits per heavy atom. The Bertz CT molecular complexity index is 1020. The highest BCUT2D eigenvalue weighted by atomic mass is 32.1. The molecule has 1 aromatic carbocycles. The van der Waals surface area contributed by atoms with E-state index in [1.54, 1.807) is 24.3 Å². The number of amides is 3. The molecule has 5 N–H and O–H groups in total. The Kier molecular flexibility index (Phi) is 9.40. The first-order chi connectivity index (χ1) is 16.9. The topological polar surface area (TPSA) is 159 Å². The number of carbonyl (C=O) groups is 3. The number of carbonyl (C=O) groups excluding carboxylic acids is 3. The third-order valence-corrected chi connectivity index (χ3v) is 6.40. The van der Waals surface area contributed by atoms with Gasteiger partial charge in [0.1, 0.15) is 16.7 Å². The number of methoxy groups -OCH3 is 1. The molecule has 1 aliphatic rings. The minimum atomic E-state index is -1.01. The normalized spacial score (nSPS) is 16.0. The molecule has 3 amide bonds. The summed E-state index contributed by atoms with van der Waals surface area (Å²) in [6.07, 6.45) is 1.72. The predicted octanol–water partition coefficient (Wildman–Crippen LogP) is 1.35. The molecule has 35 heavy (non-hydrogen) atoms. The maximum atomic E-state index is 13.6. The smallest absolute Gasteiger partial charge is 0.270 e. The fourth-order valence-corrected chi connectivity index (χ4v) is 4.56. The number of primary amides is 1. The standard InChI is InChI=1S/C23H31N5O6S/c1-3-33-15-8-6-14(7-9-15)19(22(30)26-13-16-5-4-11-34-16)28(10-12-32-2)23(31)20-17(24)18(21(25)29)27-35-20/h6-9,16,19H,3-5,10-13,24H2,1-2H3,(H2,25,29)(H,26,30). The van der Waals surface area contributed by atoms with Crippen LogP contribution in [0.15, 0.2) is 24.3 Å². The van der Waals surface area contributed by atoms with Crippen molar-refractivity contribution in [3.63, 3.8) is 0 Å². The molecule has 2 atom stereocenters. The van der Waals surface area contributed by atoms with Gasteiger partial charge in [0, 0.05) is 26.8 Å². The van der Waals surface area contributed by atoms with E-state index in [-0.39, 0.29) is 41.4 Å². The maximum Gasteiger partial charge on any atom is 0.270 e. The second-order valence-corrected chi connectivity index (χ2v) is 8.69. The molecule has 2 heterocycles. The van der Waals surface area contributed by atoms with Crippen molar-refractivity contribution in [1.29, 1.82) is 0 Å². The van der Waals surface area contributed by atoms with Crippen LogP contribution in [0.1, 0.15) is 51.5 Å². The van der Waals surface area contributed by atoms with Gasteiger partial charge >= 0.3 is 0 Å². The van der Waals surface area contributed by atoms with Gasteiger partial charge in [-0.25, -0.2) is 0 Å². The molecule has 0 aliphatic carbocycles. The molecular weight excluding hydrogens is 474 g/mol. The summed E-state index contributed by atoms with van der Waals surface area (Å²) in [4.78, 5) is 40.1. The van der Waals surface area contributed by atoms with E-state index in [4.69, 9.17) is 25.7 Å². The van der Waals surface area contributed by atoms with Crippen molar-refractivity contribution in [2.75, 3.05) is 45.8 Å². The molecule has 11 nitrogen and oxygen atoms in total. The van der Waals surface area contributed by atoms with E-state index in [0.29, 0.717) is 31.1 Å². The summed E-state index contributed by atoms with van der Waals surface area (Å²) in [7, 11) is 1.50. The van der Waals surface area contributed by atoms with Gasteiger partial charge < -0.3 is 35.9 Å². The zero-order valence-corrected chi connectivity index (χ0v) is 20.6. The van der Waals surface area contributed by atoms with Crippen LogP contribution in [0.4, 0.5) is 5.69 Å². The Balaban J connectivity index is 1.96. The van der Waals surface area contributed by atoms with Crippen LogP contribution in [0.3, 0.4) is 0 Å². The second kappa shape index (κ2) is 12.5. The SMILES string of the molecule is CCOc1ccc(C(C(=O)NCC2CCCO2)N(CCOC)C(=O)c2snc(C(N)=O)c2N)cc1. The number of ether oxygens (including phenoxy) is 3. The Morgan fingerprint density at radius 1 is 1.31 bits per heavy atom. The summed E-state index contributed by atoms with van der Waals surface area (Å²) in [5, 5.41) is 2.92. The lowest BCUT2D eigenvalue weighted by atomic mass is 10.0. The highest BCUT2D eigenvalue weighted by Crippen LogP contribution is 2.29. The van der Waals surface area contributed by atoms with Gasteiger partial charge in [0.05, 0.1) is 25.0 Å². The number of rotatable bonds is 12. The van der Waals surface area contributed by atoms with E-state index >= 15 is 0 Å². The van der Waals surface area contributed by atoms with Gasteiger partial charge in [-0.3, -0.25) is 14.4 Å². The van der Waals surface area contributed by atoms with Crippen molar-refractivity contribution in [3.05, 3.63) is 40.4 Å². The summed E-state index contributed by atoms with van der Waals surface area (Å²) >= 11 is 0.762. The third-order valence-electron chi connectivity index (χ3n) is 5.55. The summed E-state index contributed by atoms with van der Waals surface area (Å²) in [6, 6.07) is 5.95. The van der Waals surface area contributed by atoms with Crippen LogP contribution in [-0.2, 0) is 14.3 Å². The fraction of sp³-hybridized carbons (Fsp3) is 0.478. The summed E-state index contributed by atoms with van der Waals surface area (Å²) in [6.45, 7) is 3.61. The first-order valence-electron chi connectivity index (χ1n) is 11.3. The number of aromatic nitrogens is 1. The Morgan fingerprint density at radius 2 is 2.06 bits per heavy atom. The number of nitrogen functional groups attached to an aromatic ring is 1. The monoisotopic (exact) mass is 505 g/mol. The highest BCUT2D eigenvalue weighted by molar-refractivity contribution is 7.09. The molecule has 12 heteroatoms. The van der Waals surface area contributed by atoms with Crippen LogP contribution in [-0.4, -0.2) is 73.1 Å². The van der Waals surface area contributed by atoms with E-state index < -0.39 is 17.9 Å². The average molecular weight is 506 g/mol. The fourth-order valence-electron chi connectivity index (χ4n) is 3.80. The molecule has 0 saturated carbocycles. The molecule has 3 rings (SSSR count). The Hall–Kier alpha value is -3.22. The van der Waals surface area contributed by atoms with Crippen LogP contribution in [0.25, 0.3) is 0 Å². The highest BCUT2D eigenvalue weighted by Gasteiger charge is 2.35. The number of nitrogens with one attached hydrogen (secondary N) is 1. The van der Waals surface area contributed by atoms with E-state index in [9.17, 15) is 14.4 Å². The molecule has 0 bridgehead atoms. The average Bonchev–Trinajstić information content (AvgIpc) is 3.50. The lowest BCUT2D eigenvalue weighted by molar-refractivity contribution is -0.126. The summed E-state index contributed by atoms with van der Waals surface area (Å²) < 4.78 is 20.3. The molecule has 0 spiro atoms. The van der Waals surface area contributed by atoms with Crippen molar-refractivity contribution in [1.82, 2.24) is 14.6 Å². The van der Waals surface area contributed by atoms with Gasteiger partial charge in [0.15, 0.2) is 5.69 Å². The summed E-state index contributed by atoms with van der Waals surface area (Å²) in [5.41, 5.74) is 11.6. The van der Waals surface area contributed by atoms with Gasteiger partial charge in [-0.05, 0) is 49.0 Å². The molecule has 1 aliphatic heterocycles. The number of benzene rings is 1. The zero-order chi connectivity index (χ0) is 25.4. The van der Waals surface area contributed by atoms with Crippen LogP contribution in [0, 0.1) is 0 Å². The Labute approximate surface area is 207 Å². The molecular formula is C23H31N5O6S. The lowest BCUT2D eigenvalue weighted by Gasteiger charge is -2.31. The van der Waals surface area contributed by atoms with Gasteiger partial charge in [0.25, 0.3) is 11.8 Å². The molecule has 0 radical (unpaired) electrons. The zero-order valence-electron chi connectivity index (χ0n) is 19.8. The predicted molar refractivity (Wildman–Crippen MR) is 130 cm³/mol. The molecule has 2 aromatic rings. The van der Waals surface area contributed by atoms with Gasteiger partial charge in [-0.15, -0.1) is 0 Å². The van der Waals surface area contributed by atoms with E-state index in [0.717, 1.165) is 24.4 Å². The van der Waals surface area contributed by atoms with Gasteiger partial charge in [-0.2, -0.15) is 4.37 Å². The number of anilines is 1. The van der Waals surface area contributed by atoms with Crippen molar-refractivity contribution >= 4 is 34.9 Å². The van der Waals surface area contributed by atoms with Crippen molar-refractivity contribution in [3.8, 4) is 5.75 Å². The van der Waals surface area contributed by atoms with Crippen LogP contribution in [0.2, 0.25) is 0 Å². The molecule has 2 unspecified atom stereocenters. The number of hydrogen-bond donors (Lipinski definition) is 3. The molecule has 1 saturated heterocycles. The maximum absolute atomic E-state index is 13.6. The molecule has 1 aromatic heterocycles. The summed E-state index contributed by atoms with van der Waals surface area (Å²) in [5.74, 6) is -1.14. The van der Waals surface area contributed by atoms with Crippen LogP contribution >= 0.6 is 11.5 Å². The first-order valence-corrected chi connectivity index (χ1v) is 12.1. The lowest BCUT2D eigenvalue weighted by Crippen LogP contribution is -2.46. The quantitative estimate of drug-likeness (QED) is 0.390. The second-order valence-electron chi connectivity index (χ2n) is 7.91. The van der Waals surface area contributed by atoms with Gasteiger partial charge in [0.2, 0.25) is 5.91 Å². The minimum absolute atomic E-state index is 0.0257. The van der Waals surface area contributed by atoms with E-state index in [1.807, 2.05) is 6.92 Å². The largest absolute Gasteiger partial charge is 0.494 e. The minimum Gasteiger partial charge on any atom is -0.494 e. The van der Waals surface area contributed by atoms with E-state index in [1.165, 1.54) is 12.0 Å². The van der Waals surface area contributed by atoms with Crippen LogP contribution < -0.4 is 21.5 Å². The molecule has 190 valence electrons. The number of nitrogens with two attached hydrogens (primary N) is 2. The molecule has 1 fully saturated rings. The van der Waals surface area contributed by atoms with Gasteiger partial charge in [-0.1, -0.05) is 12.1 Å². The van der Waals surface area contributed by atoms with Crippen molar-refractivity contribution in [2.45, 2.75) is 31.9 Å². The van der Waals surface area contributed by atoms with Crippen molar-refractivity contribution in [2.24, 2.45) is 5.73 Å². The van der Waals surface area contributed by atoms with Crippen LogP contribution in [0.5, 0.6) is 5.75 Å². The number of nitrogens with zero attached hydrogens (tertiary/aromatic N) is 2. The first kappa shape index (κ1) is 26.4. The van der Waals surface area contributed by atoms with Crippen molar-refractivity contribution < 1.29 is 28.6 Å².